The number of hydrogen-bond donors (Lipinski definition) is 0. The van der Waals surface area contributed by atoms with Crippen LogP contribution in [0.25, 0.3) is 11.5 Å². The molecule has 0 amide bonds. The first-order valence-electron chi connectivity index (χ1n) is 8.38. The molecule has 6 nitrogen and oxygen atoms in total. The van der Waals surface area contributed by atoms with Gasteiger partial charge in [-0.3, -0.25) is 14.7 Å². The Morgan fingerprint density at radius 3 is 3.00 bits per heavy atom. The summed E-state index contributed by atoms with van der Waals surface area (Å²) >= 11 is 0. The molecule has 0 unspecified atom stereocenters. The van der Waals surface area contributed by atoms with Gasteiger partial charge in [0.1, 0.15) is 5.69 Å². The highest BCUT2D eigenvalue weighted by Crippen LogP contribution is 2.20. The van der Waals surface area contributed by atoms with Crippen molar-refractivity contribution in [3.8, 4) is 11.5 Å². The molecule has 1 aliphatic heterocycles. The molecule has 6 heteroatoms. The van der Waals surface area contributed by atoms with Crippen LogP contribution in [0.1, 0.15) is 25.5 Å². The van der Waals surface area contributed by atoms with E-state index in [1.54, 1.807) is 12.4 Å². The first-order valence-corrected chi connectivity index (χ1v) is 8.38. The molecule has 0 aromatic carbocycles. The average molecular weight is 326 g/mol. The maximum absolute atomic E-state index is 12.0. The number of aromatic nitrogens is 3. The summed E-state index contributed by atoms with van der Waals surface area (Å²) in [6.45, 7) is 4.69. The van der Waals surface area contributed by atoms with Gasteiger partial charge in [0.2, 0.25) is 0 Å². The molecule has 1 saturated heterocycles. The maximum Gasteiger partial charge on any atom is 0.310 e. The number of likely N-dealkylation sites (tertiary alicyclic amines) is 1. The van der Waals surface area contributed by atoms with Gasteiger partial charge < -0.3 is 4.74 Å². The van der Waals surface area contributed by atoms with Crippen LogP contribution in [0.15, 0.2) is 36.7 Å². The van der Waals surface area contributed by atoms with Crippen molar-refractivity contribution in [2.24, 2.45) is 5.92 Å². The normalized spacial score (nSPS) is 18.3. The van der Waals surface area contributed by atoms with Crippen LogP contribution < -0.4 is 0 Å². The van der Waals surface area contributed by atoms with Gasteiger partial charge in [-0.05, 0) is 44.5 Å². The number of piperidine rings is 1. The molecule has 0 bridgehead atoms. The van der Waals surface area contributed by atoms with Gasteiger partial charge in [0, 0.05) is 25.5 Å². The van der Waals surface area contributed by atoms with Crippen LogP contribution in [0.5, 0.6) is 0 Å². The second kappa shape index (κ2) is 7.97. The lowest BCUT2D eigenvalue weighted by atomic mass is 9.98. The fourth-order valence-electron chi connectivity index (χ4n) is 2.98. The van der Waals surface area contributed by atoms with E-state index in [4.69, 9.17) is 4.74 Å². The van der Waals surface area contributed by atoms with Crippen molar-refractivity contribution in [2.45, 2.75) is 26.3 Å². The highest BCUT2D eigenvalue weighted by molar-refractivity contribution is 5.72. The van der Waals surface area contributed by atoms with Gasteiger partial charge in [0.15, 0.2) is 5.82 Å². The fraction of sp³-hybridized carbons (Fsp3) is 0.444. The molecule has 3 heterocycles. The van der Waals surface area contributed by atoms with Crippen LogP contribution in [0.3, 0.4) is 0 Å². The SMILES string of the molecule is CCOC(=O)[C@@H]1CCCN(Cc2ccnc(-c3ccccn3)n2)C1. The van der Waals surface area contributed by atoms with Crippen LogP contribution in [0, 0.1) is 5.92 Å². The van der Waals surface area contributed by atoms with Crippen LogP contribution in [0.2, 0.25) is 0 Å². The third kappa shape index (κ3) is 4.14. The smallest absolute Gasteiger partial charge is 0.310 e. The number of pyridine rings is 1. The molecule has 1 fully saturated rings. The van der Waals surface area contributed by atoms with E-state index in [1.807, 2.05) is 31.2 Å². The molecule has 0 N–H and O–H groups in total. The van der Waals surface area contributed by atoms with E-state index in [1.165, 1.54) is 0 Å². The Morgan fingerprint density at radius 1 is 1.29 bits per heavy atom. The number of nitrogens with zero attached hydrogens (tertiary/aromatic N) is 4. The Labute approximate surface area is 141 Å². The molecule has 0 aliphatic carbocycles. The first-order chi connectivity index (χ1) is 11.8. The quantitative estimate of drug-likeness (QED) is 0.786. The molecule has 24 heavy (non-hydrogen) atoms. The Hall–Kier alpha value is -2.34. The fourth-order valence-corrected chi connectivity index (χ4v) is 2.98. The lowest BCUT2D eigenvalue weighted by molar-refractivity contribution is -0.150. The second-order valence-corrected chi connectivity index (χ2v) is 5.91. The van der Waals surface area contributed by atoms with Gasteiger partial charge in [0.05, 0.1) is 18.2 Å². The lowest BCUT2D eigenvalue weighted by Crippen LogP contribution is -2.39. The van der Waals surface area contributed by atoms with E-state index in [2.05, 4.69) is 19.9 Å². The van der Waals surface area contributed by atoms with Gasteiger partial charge in [-0.15, -0.1) is 0 Å². The second-order valence-electron chi connectivity index (χ2n) is 5.91. The number of carbonyl (C=O) groups is 1. The first kappa shape index (κ1) is 16.5. The topological polar surface area (TPSA) is 68.2 Å². The minimum atomic E-state index is -0.0842. The summed E-state index contributed by atoms with van der Waals surface area (Å²) in [4.78, 5) is 27.4. The zero-order valence-corrected chi connectivity index (χ0v) is 13.9. The highest BCUT2D eigenvalue weighted by Gasteiger charge is 2.27. The molecule has 0 radical (unpaired) electrons. The summed E-state index contributed by atoms with van der Waals surface area (Å²) in [7, 11) is 0. The Balaban J connectivity index is 1.66. The Bertz CT molecular complexity index is 678. The summed E-state index contributed by atoms with van der Waals surface area (Å²) in [6.07, 6.45) is 5.40. The van der Waals surface area contributed by atoms with Crippen molar-refractivity contribution in [1.29, 1.82) is 0 Å². The van der Waals surface area contributed by atoms with Crippen molar-refractivity contribution in [1.82, 2.24) is 19.9 Å². The monoisotopic (exact) mass is 326 g/mol. The molecule has 0 spiro atoms. The minimum absolute atomic E-state index is 0.0317. The number of hydrogen-bond acceptors (Lipinski definition) is 6. The third-order valence-corrected chi connectivity index (χ3v) is 4.12. The molecule has 2 aromatic heterocycles. The molecular formula is C18H22N4O2. The number of rotatable bonds is 5. The highest BCUT2D eigenvalue weighted by atomic mass is 16.5. The van der Waals surface area contributed by atoms with Crippen molar-refractivity contribution in [3.63, 3.8) is 0 Å². The van der Waals surface area contributed by atoms with Gasteiger partial charge in [-0.25, -0.2) is 9.97 Å². The Kier molecular flexibility index (Phi) is 5.48. The molecular weight excluding hydrogens is 304 g/mol. The molecule has 1 atom stereocenters. The van der Waals surface area contributed by atoms with Gasteiger partial charge >= 0.3 is 5.97 Å². The number of esters is 1. The Morgan fingerprint density at radius 2 is 2.21 bits per heavy atom. The summed E-state index contributed by atoms with van der Waals surface area (Å²) in [5, 5.41) is 0. The largest absolute Gasteiger partial charge is 0.466 e. The van der Waals surface area contributed by atoms with E-state index in [0.717, 1.165) is 37.3 Å². The van der Waals surface area contributed by atoms with Gasteiger partial charge in [0.25, 0.3) is 0 Å². The predicted octanol–water partition coefficient (Wildman–Crippen LogP) is 2.31. The third-order valence-electron chi connectivity index (χ3n) is 4.12. The van der Waals surface area contributed by atoms with Crippen LogP contribution in [0.4, 0.5) is 0 Å². The standard InChI is InChI=1S/C18H22N4O2/c1-2-24-18(23)14-6-5-11-22(12-14)13-15-8-10-20-17(21-15)16-7-3-4-9-19-16/h3-4,7-10,14H,2,5-6,11-13H2,1H3/t14-/m1/s1. The number of carbonyl (C=O) groups excluding carboxylic acids is 1. The van der Waals surface area contributed by atoms with E-state index >= 15 is 0 Å². The zero-order chi connectivity index (χ0) is 16.8. The van der Waals surface area contributed by atoms with Crippen molar-refractivity contribution in [2.75, 3.05) is 19.7 Å². The van der Waals surface area contributed by atoms with E-state index < -0.39 is 0 Å². The molecule has 3 rings (SSSR count). The van der Waals surface area contributed by atoms with Crippen LogP contribution in [-0.2, 0) is 16.1 Å². The predicted molar refractivity (Wildman–Crippen MR) is 89.9 cm³/mol. The molecule has 1 aliphatic rings. The van der Waals surface area contributed by atoms with Crippen LogP contribution in [-0.4, -0.2) is 45.5 Å². The molecule has 2 aromatic rings. The zero-order valence-electron chi connectivity index (χ0n) is 13.9. The van der Waals surface area contributed by atoms with Gasteiger partial charge in [-0.2, -0.15) is 0 Å². The van der Waals surface area contributed by atoms with Gasteiger partial charge in [-0.1, -0.05) is 6.07 Å². The summed E-state index contributed by atoms with van der Waals surface area (Å²) in [6, 6.07) is 7.61. The van der Waals surface area contributed by atoms with E-state index in [-0.39, 0.29) is 11.9 Å². The average Bonchev–Trinajstić information content (AvgIpc) is 2.63. The van der Waals surface area contributed by atoms with E-state index in [0.29, 0.717) is 19.0 Å². The molecule has 126 valence electrons. The molecule has 0 saturated carbocycles. The summed E-state index contributed by atoms with van der Waals surface area (Å²) in [5.74, 6) is 0.516. The minimum Gasteiger partial charge on any atom is -0.466 e. The summed E-state index contributed by atoms with van der Waals surface area (Å²) < 4.78 is 5.16. The van der Waals surface area contributed by atoms with Crippen molar-refractivity contribution >= 4 is 5.97 Å². The van der Waals surface area contributed by atoms with E-state index in [9.17, 15) is 4.79 Å². The lowest BCUT2D eigenvalue weighted by Gasteiger charge is -2.31. The van der Waals surface area contributed by atoms with Crippen LogP contribution >= 0.6 is 0 Å². The van der Waals surface area contributed by atoms with Crippen molar-refractivity contribution in [3.05, 3.63) is 42.4 Å². The maximum atomic E-state index is 12.0. The number of ether oxygens (including phenoxy) is 1. The summed E-state index contributed by atoms with van der Waals surface area (Å²) in [5.41, 5.74) is 1.71. The van der Waals surface area contributed by atoms with Crippen molar-refractivity contribution < 1.29 is 9.53 Å².